The van der Waals surface area contributed by atoms with E-state index >= 15 is 0 Å². The number of benzene rings is 2. The van der Waals surface area contributed by atoms with Crippen LogP contribution in [0.25, 0.3) is 10.2 Å². The van der Waals surface area contributed by atoms with E-state index in [4.69, 9.17) is 4.74 Å². The van der Waals surface area contributed by atoms with Crippen LogP contribution in [0.5, 0.6) is 5.75 Å². The van der Waals surface area contributed by atoms with Crippen molar-refractivity contribution < 1.29 is 14.6 Å². The highest BCUT2D eigenvalue weighted by Crippen LogP contribution is 2.32. The smallest absolute Gasteiger partial charge is 0.339 e. The van der Waals surface area contributed by atoms with Gasteiger partial charge in [0, 0.05) is 12.6 Å². The first-order chi connectivity index (χ1) is 10.7. The number of thiazole rings is 1. The van der Waals surface area contributed by atoms with Gasteiger partial charge in [-0.3, -0.25) is 0 Å². The molecule has 2 N–H and O–H groups in total. The largest absolute Gasteiger partial charge is 0.496 e. The Hall–Kier alpha value is -2.60. The first kappa shape index (κ1) is 14.3. The molecule has 3 aromatic rings. The maximum atomic E-state index is 11.2. The number of anilines is 1. The highest BCUT2D eigenvalue weighted by molar-refractivity contribution is 7.22. The average Bonchev–Trinajstić information content (AvgIpc) is 2.94. The van der Waals surface area contributed by atoms with Gasteiger partial charge in [0.15, 0.2) is 5.13 Å². The van der Waals surface area contributed by atoms with Crippen LogP contribution in [-0.4, -0.2) is 23.2 Å². The van der Waals surface area contributed by atoms with Gasteiger partial charge in [-0.25, -0.2) is 9.78 Å². The van der Waals surface area contributed by atoms with Gasteiger partial charge in [-0.05, 0) is 11.6 Å². The van der Waals surface area contributed by atoms with Gasteiger partial charge in [-0.15, -0.1) is 0 Å². The summed E-state index contributed by atoms with van der Waals surface area (Å²) in [5, 5.41) is 13.2. The third-order valence-corrected chi connectivity index (χ3v) is 4.20. The quantitative estimate of drug-likeness (QED) is 0.752. The summed E-state index contributed by atoms with van der Waals surface area (Å²) in [6, 6.07) is 13.3. The Labute approximate surface area is 131 Å². The molecule has 0 amide bonds. The van der Waals surface area contributed by atoms with Crippen LogP contribution >= 0.6 is 11.3 Å². The zero-order valence-electron chi connectivity index (χ0n) is 11.9. The van der Waals surface area contributed by atoms with E-state index < -0.39 is 5.97 Å². The highest BCUT2D eigenvalue weighted by Gasteiger charge is 2.15. The number of fused-ring (bicyclic) bond motifs is 1. The van der Waals surface area contributed by atoms with Crippen LogP contribution in [0.4, 0.5) is 5.13 Å². The molecule has 5 nitrogen and oxygen atoms in total. The molecule has 0 bridgehead atoms. The number of hydrogen-bond donors (Lipinski definition) is 2. The minimum atomic E-state index is -1.01. The average molecular weight is 314 g/mol. The van der Waals surface area contributed by atoms with Crippen molar-refractivity contribution in [3.8, 4) is 5.75 Å². The number of ether oxygens (including phenoxy) is 1. The van der Waals surface area contributed by atoms with Crippen LogP contribution in [0.2, 0.25) is 0 Å². The lowest BCUT2D eigenvalue weighted by Crippen LogP contribution is -2.00. The van der Waals surface area contributed by atoms with E-state index in [1.165, 1.54) is 18.4 Å². The van der Waals surface area contributed by atoms with E-state index in [1.54, 1.807) is 12.1 Å². The monoisotopic (exact) mass is 314 g/mol. The van der Waals surface area contributed by atoms with E-state index in [1.807, 2.05) is 30.3 Å². The normalized spacial score (nSPS) is 10.6. The number of aromatic carboxylic acids is 1. The van der Waals surface area contributed by atoms with Crippen molar-refractivity contribution in [3.63, 3.8) is 0 Å². The molecular weight excluding hydrogens is 300 g/mol. The van der Waals surface area contributed by atoms with Crippen molar-refractivity contribution in [2.75, 3.05) is 12.4 Å². The molecule has 1 heterocycles. The van der Waals surface area contributed by atoms with Gasteiger partial charge in [0.25, 0.3) is 0 Å². The molecule has 0 fully saturated rings. The van der Waals surface area contributed by atoms with Gasteiger partial charge in [0.05, 0.1) is 17.3 Å². The lowest BCUT2D eigenvalue weighted by molar-refractivity contribution is 0.0693. The molecule has 0 atom stereocenters. The van der Waals surface area contributed by atoms with E-state index in [2.05, 4.69) is 10.3 Å². The van der Waals surface area contributed by atoms with E-state index in [0.717, 1.165) is 20.9 Å². The van der Waals surface area contributed by atoms with Gasteiger partial charge >= 0.3 is 5.97 Å². The first-order valence-electron chi connectivity index (χ1n) is 6.67. The zero-order chi connectivity index (χ0) is 15.5. The highest BCUT2D eigenvalue weighted by atomic mass is 32.1. The molecule has 0 unspecified atom stereocenters. The van der Waals surface area contributed by atoms with Gasteiger partial charge in [0.1, 0.15) is 11.3 Å². The van der Waals surface area contributed by atoms with Crippen molar-refractivity contribution in [2.45, 2.75) is 6.54 Å². The third-order valence-electron chi connectivity index (χ3n) is 3.23. The van der Waals surface area contributed by atoms with Crippen LogP contribution in [-0.2, 0) is 6.54 Å². The van der Waals surface area contributed by atoms with Crippen molar-refractivity contribution in [1.82, 2.24) is 4.98 Å². The van der Waals surface area contributed by atoms with Gasteiger partial charge in [0.2, 0.25) is 0 Å². The van der Waals surface area contributed by atoms with Crippen molar-refractivity contribution >= 4 is 32.7 Å². The first-order valence-corrected chi connectivity index (χ1v) is 7.48. The molecule has 112 valence electrons. The second-order valence-corrected chi connectivity index (χ2v) is 5.71. The van der Waals surface area contributed by atoms with Crippen LogP contribution in [0, 0.1) is 0 Å². The third kappa shape index (κ3) is 2.87. The molecule has 0 aliphatic heterocycles. The molecule has 0 saturated heterocycles. The molecule has 0 aliphatic rings. The van der Waals surface area contributed by atoms with Gasteiger partial charge in [-0.2, -0.15) is 0 Å². The number of hydrogen-bond acceptors (Lipinski definition) is 5. The fraction of sp³-hybridized carbons (Fsp3) is 0.125. The number of carboxylic acids is 1. The molecule has 3 rings (SSSR count). The Morgan fingerprint density at radius 1 is 1.32 bits per heavy atom. The molecule has 0 saturated carbocycles. The van der Waals surface area contributed by atoms with Crippen LogP contribution in [0.15, 0.2) is 42.5 Å². The maximum Gasteiger partial charge on any atom is 0.339 e. The summed E-state index contributed by atoms with van der Waals surface area (Å²) < 4.78 is 5.93. The summed E-state index contributed by atoms with van der Waals surface area (Å²) in [5.41, 5.74) is 2.03. The number of carboxylic acid groups (broad SMARTS) is 1. The molecule has 1 aromatic heterocycles. The van der Waals surface area contributed by atoms with Crippen LogP contribution < -0.4 is 10.1 Å². The SMILES string of the molecule is COc1cc2nc(NCc3ccccc3)sc2cc1C(=O)O. The van der Waals surface area contributed by atoms with Crippen molar-refractivity contribution in [2.24, 2.45) is 0 Å². The fourth-order valence-electron chi connectivity index (χ4n) is 2.14. The van der Waals surface area contributed by atoms with Gasteiger partial charge < -0.3 is 15.2 Å². The summed E-state index contributed by atoms with van der Waals surface area (Å²) in [4.78, 5) is 15.7. The number of nitrogens with zero attached hydrogens (tertiary/aromatic N) is 1. The summed E-state index contributed by atoms with van der Waals surface area (Å²) in [5.74, 6) is -0.689. The minimum Gasteiger partial charge on any atom is -0.496 e. The molecule has 2 aromatic carbocycles. The lowest BCUT2D eigenvalue weighted by atomic mass is 10.2. The Balaban J connectivity index is 1.88. The lowest BCUT2D eigenvalue weighted by Gasteiger charge is -2.03. The van der Waals surface area contributed by atoms with Crippen LogP contribution in [0.3, 0.4) is 0 Å². The van der Waals surface area contributed by atoms with Gasteiger partial charge in [-0.1, -0.05) is 41.7 Å². The summed E-state index contributed by atoms with van der Waals surface area (Å²) >= 11 is 1.43. The van der Waals surface area contributed by atoms with E-state index in [0.29, 0.717) is 12.3 Å². The topological polar surface area (TPSA) is 71.5 Å². The standard InChI is InChI=1S/C16H14N2O3S/c1-21-13-8-12-14(7-11(13)15(19)20)22-16(18-12)17-9-10-5-3-2-4-6-10/h2-8H,9H2,1H3,(H,17,18)(H,19,20). The number of carbonyl (C=O) groups is 1. The Morgan fingerprint density at radius 2 is 2.09 bits per heavy atom. The number of methoxy groups -OCH3 is 1. The fourth-order valence-corrected chi connectivity index (χ4v) is 3.02. The second kappa shape index (κ2) is 6.03. The molecule has 0 spiro atoms. The molecule has 0 aliphatic carbocycles. The molecule has 22 heavy (non-hydrogen) atoms. The predicted octanol–water partition coefficient (Wildman–Crippen LogP) is 3.62. The molecule has 6 heteroatoms. The minimum absolute atomic E-state index is 0.147. The summed E-state index contributed by atoms with van der Waals surface area (Å²) in [6.07, 6.45) is 0. The van der Waals surface area contributed by atoms with E-state index in [-0.39, 0.29) is 5.56 Å². The second-order valence-electron chi connectivity index (χ2n) is 4.68. The summed E-state index contributed by atoms with van der Waals surface area (Å²) in [6.45, 7) is 0.670. The maximum absolute atomic E-state index is 11.2. The Bertz CT molecular complexity index is 815. The van der Waals surface area contributed by atoms with Crippen LogP contribution in [0.1, 0.15) is 15.9 Å². The number of aromatic nitrogens is 1. The van der Waals surface area contributed by atoms with E-state index in [9.17, 15) is 9.90 Å². The van der Waals surface area contributed by atoms with Crippen molar-refractivity contribution in [3.05, 3.63) is 53.6 Å². The number of rotatable bonds is 5. The Kier molecular flexibility index (Phi) is 3.93. The Morgan fingerprint density at radius 3 is 2.77 bits per heavy atom. The predicted molar refractivity (Wildman–Crippen MR) is 86.9 cm³/mol. The molecular formula is C16H14N2O3S. The zero-order valence-corrected chi connectivity index (χ0v) is 12.7. The number of nitrogens with one attached hydrogen (secondary N) is 1. The van der Waals surface area contributed by atoms with Crippen molar-refractivity contribution in [1.29, 1.82) is 0 Å². The summed E-state index contributed by atoms with van der Waals surface area (Å²) in [7, 11) is 1.45. The molecule has 0 radical (unpaired) electrons.